The van der Waals surface area contributed by atoms with Crippen molar-refractivity contribution < 1.29 is 19.1 Å². The molecular formula is C20H30N2O4. The van der Waals surface area contributed by atoms with Gasteiger partial charge in [-0.3, -0.25) is 4.79 Å². The number of esters is 1. The first kappa shape index (κ1) is 20.2. The summed E-state index contributed by atoms with van der Waals surface area (Å²) in [6.07, 6.45) is 2.39. The highest BCUT2D eigenvalue weighted by atomic mass is 16.6. The Morgan fingerprint density at radius 1 is 1.15 bits per heavy atom. The molecule has 1 fully saturated rings. The highest BCUT2D eigenvalue weighted by molar-refractivity contribution is 5.76. The predicted molar refractivity (Wildman–Crippen MR) is 99.3 cm³/mol. The Hall–Kier alpha value is -2.08. The zero-order chi connectivity index (χ0) is 19.2. The second-order valence-corrected chi connectivity index (χ2v) is 7.94. The van der Waals surface area contributed by atoms with Gasteiger partial charge in [-0.1, -0.05) is 30.3 Å². The normalized spacial score (nSPS) is 21.5. The van der Waals surface area contributed by atoms with Crippen molar-refractivity contribution in [3.63, 3.8) is 0 Å². The molecule has 0 radical (unpaired) electrons. The summed E-state index contributed by atoms with van der Waals surface area (Å²) in [7, 11) is 0. The zero-order valence-corrected chi connectivity index (χ0v) is 15.9. The molecule has 1 aliphatic rings. The van der Waals surface area contributed by atoms with Gasteiger partial charge in [0, 0.05) is 5.54 Å². The molecule has 0 heterocycles. The lowest BCUT2D eigenvalue weighted by atomic mass is 9.83. The summed E-state index contributed by atoms with van der Waals surface area (Å²) in [4.78, 5) is 24.0. The number of rotatable bonds is 5. The van der Waals surface area contributed by atoms with E-state index < -0.39 is 12.1 Å². The number of carbonyl (C=O) groups is 2. The maximum atomic E-state index is 12.2. The van der Waals surface area contributed by atoms with E-state index in [1.165, 1.54) is 0 Å². The molecule has 1 aromatic rings. The average molecular weight is 362 g/mol. The average Bonchev–Trinajstić information content (AvgIpc) is 2.59. The Bertz CT molecular complexity index is 590. The fraction of sp³-hybridized carbons (Fsp3) is 0.600. The maximum Gasteiger partial charge on any atom is 0.407 e. The van der Waals surface area contributed by atoms with Crippen LogP contribution < -0.4 is 11.1 Å². The smallest absolute Gasteiger partial charge is 0.407 e. The fourth-order valence-electron chi connectivity index (χ4n) is 3.07. The van der Waals surface area contributed by atoms with Gasteiger partial charge in [-0.15, -0.1) is 0 Å². The summed E-state index contributed by atoms with van der Waals surface area (Å²) in [5, 5.41) is 2.79. The minimum absolute atomic E-state index is 0.0591. The molecular weight excluding hydrogens is 332 g/mol. The largest absolute Gasteiger partial charge is 0.460 e. The third kappa shape index (κ3) is 6.67. The van der Waals surface area contributed by atoms with E-state index in [2.05, 4.69) is 5.32 Å². The molecule has 1 saturated carbocycles. The van der Waals surface area contributed by atoms with Crippen molar-refractivity contribution in [2.45, 2.75) is 70.7 Å². The third-order valence-corrected chi connectivity index (χ3v) is 4.47. The van der Waals surface area contributed by atoms with Crippen LogP contribution in [0.3, 0.4) is 0 Å². The molecule has 1 aromatic carbocycles. The van der Waals surface area contributed by atoms with Gasteiger partial charge in [0.2, 0.25) is 0 Å². The van der Waals surface area contributed by atoms with Crippen molar-refractivity contribution in [3.05, 3.63) is 35.9 Å². The van der Waals surface area contributed by atoms with Crippen molar-refractivity contribution in [3.8, 4) is 0 Å². The van der Waals surface area contributed by atoms with E-state index in [0.29, 0.717) is 12.8 Å². The van der Waals surface area contributed by atoms with Crippen LogP contribution in [0.25, 0.3) is 0 Å². The van der Waals surface area contributed by atoms with E-state index >= 15 is 0 Å². The van der Waals surface area contributed by atoms with Gasteiger partial charge in [-0.2, -0.15) is 0 Å². The Morgan fingerprint density at radius 2 is 1.77 bits per heavy atom. The summed E-state index contributed by atoms with van der Waals surface area (Å²) < 4.78 is 10.8. The van der Waals surface area contributed by atoms with Gasteiger partial charge in [0.1, 0.15) is 18.8 Å². The van der Waals surface area contributed by atoms with Gasteiger partial charge in [-0.05, 0) is 57.9 Å². The van der Waals surface area contributed by atoms with E-state index in [1.54, 1.807) is 0 Å². The number of carbonyl (C=O) groups excluding carboxylic acids is 2. The van der Waals surface area contributed by atoms with E-state index in [0.717, 1.165) is 18.4 Å². The number of amides is 1. The predicted octanol–water partition coefficient (Wildman–Crippen LogP) is 3.14. The van der Waals surface area contributed by atoms with E-state index in [9.17, 15) is 9.59 Å². The van der Waals surface area contributed by atoms with Crippen LogP contribution in [0, 0.1) is 5.92 Å². The van der Waals surface area contributed by atoms with E-state index in [1.807, 2.05) is 51.1 Å². The van der Waals surface area contributed by atoms with Crippen LogP contribution in [0.2, 0.25) is 0 Å². The molecule has 1 atom stereocenters. The number of alkyl carbamates (subject to hydrolysis) is 1. The number of hydrogen-bond donors (Lipinski definition) is 2. The molecule has 6 nitrogen and oxygen atoms in total. The first-order valence-corrected chi connectivity index (χ1v) is 9.19. The lowest BCUT2D eigenvalue weighted by Crippen LogP contribution is -2.44. The van der Waals surface area contributed by atoms with Crippen LogP contribution >= 0.6 is 0 Å². The molecule has 1 unspecified atom stereocenters. The molecule has 144 valence electrons. The van der Waals surface area contributed by atoms with E-state index in [4.69, 9.17) is 15.2 Å². The molecule has 1 aliphatic carbocycles. The summed E-state index contributed by atoms with van der Waals surface area (Å²) in [5.74, 6) is -0.313. The van der Waals surface area contributed by atoms with Gasteiger partial charge >= 0.3 is 12.1 Å². The van der Waals surface area contributed by atoms with Gasteiger partial charge in [0.15, 0.2) is 0 Å². The Morgan fingerprint density at radius 3 is 2.35 bits per heavy atom. The van der Waals surface area contributed by atoms with Gasteiger partial charge < -0.3 is 20.5 Å². The number of nitrogens with one attached hydrogen (secondary N) is 1. The molecule has 0 aliphatic heterocycles. The van der Waals surface area contributed by atoms with E-state index in [-0.39, 0.29) is 30.1 Å². The molecule has 6 heteroatoms. The summed E-state index contributed by atoms with van der Waals surface area (Å²) in [5.41, 5.74) is 6.71. The highest BCUT2D eigenvalue weighted by Gasteiger charge is 2.32. The molecule has 2 rings (SSSR count). The van der Waals surface area contributed by atoms with Crippen LogP contribution in [0.15, 0.2) is 30.3 Å². The van der Waals surface area contributed by atoms with Crippen LogP contribution in [0.5, 0.6) is 0 Å². The van der Waals surface area contributed by atoms with Crippen LogP contribution in [0.4, 0.5) is 4.79 Å². The number of nitrogens with two attached hydrogens (primary N) is 1. The summed E-state index contributed by atoms with van der Waals surface area (Å²) in [6.45, 7) is 5.96. The highest BCUT2D eigenvalue weighted by Crippen LogP contribution is 2.28. The topological polar surface area (TPSA) is 90.6 Å². The number of hydrogen-bond acceptors (Lipinski definition) is 5. The molecule has 3 N–H and O–H groups in total. The lowest BCUT2D eigenvalue weighted by molar-refractivity contribution is -0.148. The van der Waals surface area contributed by atoms with Crippen LogP contribution in [-0.2, 0) is 20.9 Å². The fourth-order valence-corrected chi connectivity index (χ4v) is 3.07. The maximum absolute atomic E-state index is 12.2. The van der Waals surface area contributed by atoms with Crippen LogP contribution in [0.1, 0.15) is 52.0 Å². The molecule has 0 spiro atoms. The molecule has 1 amide bonds. The molecule has 26 heavy (non-hydrogen) atoms. The Balaban J connectivity index is 1.72. The Kier molecular flexibility index (Phi) is 7.03. The second-order valence-electron chi connectivity index (χ2n) is 7.94. The van der Waals surface area contributed by atoms with Crippen LogP contribution in [-0.4, -0.2) is 29.7 Å². The quantitative estimate of drug-likeness (QED) is 0.785. The van der Waals surface area contributed by atoms with Gasteiger partial charge in [0.25, 0.3) is 0 Å². The zero-order valence-electron chi connectivity index (χ0n) is 15.9. The van der Waals surface area contributed by atoms with Gasteiger partial charge in [-0.25, -0.2) is 4.79 Å². The lowest BCUT2D eigenvalue weighted by Gasteiger charge is -2.31. The van der Waals surface area contributed by atoms with Crippen molar-refractivity contribution in [2.24, 2.45) is 11.7 Å². The number of benzene rings is 1. The van der Waals surface area contributed by atoms with Crippen molar-refractivity contribution in [2.75, 3.05) is 0 Å². The standard InChI is InChI=1S/C20H30N2O4/c1-20(2,3)22-19(24)26-16-11-9-15(10-12-16)17(21)18(23)25-13-14-7-5-4-6-8-14/h4-8,15-17H,9-13,21H2,1-3H3,(H,22,24). The monoisotopic (exact) mass is 362 g/mol. The van der Waals surface area contributed by atoms with Gasteiger partial charge in [0.05, 0.1) is 0 Å². The van der Waals surface area contributed by atoms with Crippen molar-refractivity contribution >= 4 is 12.1 Å². The third-order valence-electron chi connectivity index (χ3n) is 4.47. The summed E-state index contributed by atoms with van der Waals surface area (Å²) in [6, 6.07) is 8.90. The minimum atomic E-state index is -0.636. The number of ether oxygens (including phenoxy) is 2. The summed E-state index contributed by atoms with van der Waals surface area (Å²) >= 11 is 0. The van der Waals surface area contributed by atoms with Crippen molar-refractivity contribution in [1.82, 2.24) is 5.32 Å². The SMILES string of the molecule is CC(C)(C)NC(=O)OC1CCC(C(N)C(=O)OCc2ccccc2)CC1. The minimum Gasteiger partial charge on any atom is -0.460 e. The molecule has 0 aromatic heterocycles. The molecule has 0 saturated heterocycles. The van der Waals surface area contributed by atoms with Crippen molar-refractivity contribution in [1.29, 1.82) is 0 Å². The molecule has 0 bridgehead atoms. The second kappa shape index (κ2) is 9.03. The first-order valence-electron chi connectivity index (χ1n) is 9.19. The first-order chi connectivity index (χ1) is 12.2. The Labute approximate surface area is 155 Å².